The summed E-state index contributed by atoms with van der Waals surface area (Å²) in [5, 5.41) is 23.2. The standard InChI is InChI=1S/C6H12N6OS/c1-4(3-5(7)9-13)14-6-8-10-11-12(6)2/h4,13H,3H2,1-2H3,(H2,7,9). The molecule has 8 heteroatoms. The Bertz CT molecular complexity index is 324. The second-order valence-electron chi connectivity index (χ2n) is 2.81. The summed E-state index contributed by atoms with van der Waals surface area (Å²) in [4.78, 5) is 0. The quantitative estimate of drug-likeness (QED) is 0.238. The number of amidine groups is 1. The molecule has 3 N–H and O–H groups in total. The van der Waals surface area contributed by atoms with Crippen LogP contribution in [-0.4, -0.2) is 36.5 Å². The third kappa shape index (κ3) is 2.87. The zero-order valence-corrected chi connectivity index (χ0v) is 8.77. The molecule has 0 radical (unpaired) electrons. The Morgan fingerprint density at radius 2 is 2.50 bits per heavy atom. The van der Waals surface area contributed by atoms with Crippen LogP contribution in [0, 0.1) is 0 Å². The first-order valence-electron chi connectivity index (χ1n) is 3.99. The van der Waals surface area contributed by atoms with Gasteiger partial charge in [0.2, 0.25) is 5.16 Å². The normalized spacial score (nSPS) is 14.3. The number of nitrogens with zero attached hydrogens (tertiary/aromatic N) is 5. The molecule has 0 saturated carbocycles. The third-order valence-electron chi connectivity index (χ3n) is 1.51. The smallest absolute Gasteiger partial charge is 0.209 e. The summed E-state index contributed by atoms with van der Waals surface area (Å²) in [6.45, 7) is 1.96. The maximum atomic E-state index is 8.37. The fraction of sp³-hybridized carbons (Fsp3) is 0.667. The predicted octanol–water partition coefficient (Wildman–Crippen LogP) is -0.173. The highest BCUT2D eigenvalue weighted by molar-refractivity contribution is 7.99. The number of hydrogen-bond acceptors (Lipinski definition) is 6. The molecule has 0 spiro atoms. The second kappa shape index (κ2) is 4.80. The molecule has 0 amide bonds. The number of oxime groups is 1. The highest BCUT2D eigenvalue weighted by Crippen LogP contribution is 2.21. The molecule has 14 heavy (non-hydrogen) atoms. The van der Waals surface area contributed by atoms with Gasteiger partial charge in [-0.05, 0) is 10.4 Å². The van der Waals surface area contributed by atoms with Crippen LogP contribution in [0.25, 0.3) is 0 Å². The second-order valence-corrected chi connectivity index (χ2v) is 4.21. The number of aromatic nitrogens is 4. The van der Waals surface area contributed by atoms with E-state index in [0.29, 0.717) is 11.6 Å². The fourth-order valence-electron chi connectivity index (χ4n) is 0.878. The summed E-state index contributed by atoms with van der Waals surface area (Å²) >= 11 is 1.48. The first kappa shape index (κ1) is 10.8. The molecular formula is C6H12N6OS. The average Bonchev–Trinajstić information content (AvgIpc) is 2.51. The number of tetrazole rings is 1. The Labute approximate surface area is 85.3 Å². The largest absolute Gasteiger partial charge is 0.409 e. The number of nitrogens with two attached hydrogens (primary N) is 1. The third-order valence-corrected chi connectivity index (χ3v) is 2.64. The van der Waals surface area contributed by atoms with Crippen molar-refractivity contribution in [2.45, 2.75) is 23.8 Å². The van der Waals surface area contributed by atoms with Crippen molar-refractivity contribution in [2.75, 3.05) is 0 Å². The summed E-state index contributed by atoms with van der Waals surface area (Å²) in [6, 6.07) is 0. The molecule has 1 unspecified atom stereocenters. The predicted molar refractivity (Wildman–Crippen MR) is 52.1 cm³/mol. The molecule has 0 aromatic carbocycles. The van der Waals surface area contributed by atoms with E-state index in [4.69, 9.17) is 10.9 Å². The molecular weight excluding hydrogens is 204 g/mol. The van der Waals surface area contributed by atoms with E-state index in [1.54, 1.807) is 11.7 Å². The van der Waals surface area contributed by atoms with E-state index in [9.17, 15) is 0 Å². The first-order valence-corrected chi connectivity index (χ1v) is 4.87. The number of hydrogen-bond donors (Lipinski definition) is 2. The van der Waals surface area contributed by atoms with Crippen molar-refractivity contribution in [1.29, 1.82) is 0 Å². The van der Waals surface area contributed by atoms with E-state index >= 15 is 0 Å². The highest BCUT2D eigenvalue weighted by Gasteiger charge is 2.11. The van der Waals surface area contributed by atoms with Gasteiger partial charge in [-0.25, -0.2) is 4.68 Å². The molecule has 1 heterocycles. The maximum Gasteiger partial charge on any atom is 0.209 e. The van der Waals surface area contributed by atoms with Crippen LogP contribution < -0.4 is 5.73 Å². The van der Waals surface area contributed by atoms with Gasteiger partial charge in [0.1, 0.15) is 5.84 Å². The van der Waals surface area contributed by atoms with Crippen LogP contribution in [0.15, 0.2) is 10.3 Å². The van der Waals surface area contributed by atoms with Gasteiger partial charge in [-0.15, -0.1) is 5.10 Å². The SMILES string of the molecule is CC(CC(N)=NO)Sc1nnnn1C. The summed E-state index contributed by atoms with van der Waals surface area (Å²) in [5.41, 5.74) is 5.37. The van der Waals surface area contributed by atoms with Gasteiger partial charge in [-0.3, -0.25) is 0 Å². The van der Waals surface area contributed by atoms with Gasteiger partial charge in [-0.1, -0.05) is 23.8 Å². The van der Waals surface area contributed by atoms with Crippen LogP contribution in [0.3, 0.4) is 0 Å². The van der Waals surface area contributed by atoms with Crippen LogP contribution in [0.4, 0.5) is 0 Å². The molecule has 1 aromatic heterocycles. The molecule has 78 valence electrons. The van der Waals surface area contributed by atoms with Crippen molar-refractivity contribution >= 4 is 17.6 Å². The topological polar surface area (TPSA) is 102 Å². The van der Waals surface area contributed by atoms with Crippen LogP contribution in [-0.2, 0) is 7.05 Å². The Morgan fingerprint density at radius 3 is 3.00 bits per heavy atom. The minimum Gasteiger partial charge on any atom is -0.409 e. The lowest BCUT2D eigenvalue weighted by Crippen LogP contribution is -2.17. The van der Waals surface area contributed by atoms with Crippen LogP contribution in [0.5, 0.6) is 0 Å². The van der Waals surface area contributed by atoms with Crippen molar-refractivity contribution in [3.63, 3.8) is 0 Å². The zero-order valence-electron chi connectivity index (χ0n) is 7.95. The molecule has 0 aliphatic rings. The first-order chi connectivity index (χ1) is 6.63. The monoisotopic (exact) mass is 216 g/mol. The van der Waals surface area contributed by atoms with Crippen molar-refractivity contribution in [1.82, 2.24) is 20.2 Å². The summed E-state index contributed by atoms with van der Waals surface area (Å²) < 4.78 is 1.58. The number of rotatable bonds is 4. The van der Waals surface area contributed by atoms with Gasteiger partial charge in [-0.2, -0.15) is 0 Å². The molecule has 0 bridgehead atoms. The molecule has 0 aliphatic carbocycles. The van der Waals surface area contributed by atoms with E-state index < -0.39 is 0 Å². The molecule has 0 saturated heterocycles. The van der Waals surface area contributed by atoms with E-state index in [1.165, 1.54) is 11.8 Å². The van der Waals surface area contributed by atoms with Crippen LogP contribution >= 0.6 is 11.8 Å². The van der Waals surface area contributed by atoms with Crippen LogP contribution in [0.1, 0.15) is 13.3 Å². The molecule has 1 atom stereocenters. The lowest BCUT2D eigenvalue weighted by atomic mass is 10.3. The molecule has 7 nitrogen and oxygen atoms in total. The average molecular weight is 216 g/mol. The van der Waals surface area contributed by atoms with Gasteiger partial charge >= 0.3 is 0 Å². The van der Waals surface area contributed by atoms with Crippen molar-refractivity contribution in [3.8, 4) is 0 Å². The number of thioether (sulfide) groups is 1. The van der Waals surface area contributed by atoms with Gasteiger partial charge in [0.25, 0.3) is 0 Å². The van der Waals surface area contributed by atoms with Crippen LogP contribution in [0.2, 0.25) is 0 Å². The van der Waals surface area contributed by atoms with E-state index in [-0.39, 0.29) is 11.1 Å². The van der Waals surface area contributed by atoms with E-state index in [0.717, 1.165) is 0 Å². The van der Waals surface area contributed by atoms with Gasteiger partial charge in [0.05, 0.1) is 0 Å². The number of aryl methyl sites for hydroxylation is 1. The summed E-state index contributed by atoms with van der Waals surface area (Å²) in [6.07, 6.45) is 0.494. The highest BCUT2D eigenvalue weighted by atomic mass is 32.2. The van der Waals surface area contributed by atoms with E-state index in [1.807, 2.05) is 6.92 Å². The van der Waals surface area contributed by atoms with Gasteiger partial charge < -0.3 is 10.9 Å². The molecule has 1 aromatic rings. The zero-order chi connectivity index (χ0) is 10.6. The lowest BCUT2D eigenvalue weighted by molar-refractivity contribution is 0.317. The van der Waals surface area contributed by atoms with E-state index in [2.05, 4.69) is 20.7 Å². The molecule has 0 fully saturated rings. The summed E-state index contributed by atoms with van der Waals surface area (Å²) in [7, 11) is 1.76. The maximum absolute atomic E-state index is 8.37. The van der Waals surface area contributed by atoms with Crippen molar-refractivity contribution in [2.24, 2.45) is 17.9 Å². The minimum atomic E-state index is 0.163. The molecule has 1 rings (SSSR count). The van der Waals surface area contributed by atoms with Gasteiger partial charge in [0, 0.05) is 18.7 Å². The minimum absolute atomic E-state index is 0.163. The fourth-order valence-corrected chi connectivity index (χ4v) is 1.76. The Morgan fingerprint density at radius 1 is 1.79 bits per heavy atom. The Kier molecular flexibility index (Phi) is 3.69. The summed E-state index contributed by atoms with van der Waals surface area (Å²) in [5.74, 6) is 0.208. The molecule has 0 aliphatic heterocycles. The lowest BCUT2D eigenvalue weighted by Gasteiger charge is -2.07. The van der Waals surface area contributed by atoms with Crippen molar-refractivity contribution < 1.29 is 5.21 Å². The van der Waals surface area contributed by atoms with Crippen molar-refractivity contribution in [3.05, 3.63) is 0 Å². The Balaban J connectivity index is 2.49. The van der Waals surface area contributed by atoms with Gasteiger partial charge in [0.15, 0.2) is 0 Å². The Hall–Kier alpha value is -1.31.